The molecule has 0 spiro atoms. The molecular formula is C40H84. The van der Waals surface area contributed by atoms with Crippen LogP contribution >= 0.6 is 0 Å². The lowest BCUT2D eigenvalue weighted by Crippen LogP contribution is -2.18. The predicted octanol–water partition coefficient (Wildman–Crippen LogP) is 15.4. The van der Waals surface area contributed by atoms with Crippen molar-refractivity contribution in [1.82, 2.24) is 0 Å². The maximum absolute atomic E-state index is 2.45. The quantitative estimate of drug-likeness (QED) is 0.297. The average molecular weight is 565 g/mol. The van der Waals surface area contributed by atoms with Crippen molar-refractivity contribution in [2.75, 3.05) is 0 Å². The van der Waals surface area contributed by atoms with Gasteiger partial charge in [0, 0.05) is 0 Å². The van der Waals surface area contributed by atoms with Gasteiger partial charge in [-0.2, -0.15) is 0 Å². The molecule has 0 amide bonds. The molecule has 0 nitrogen and oxygen atoms in total. The Bertz CT molecular complexity index is 399. The number of rotatable bonds is 1. The van der Waals surface area contributed by atoms with Gasteiger partial charge in [-0.1, -0.05) is 229 Å². The third kappa shape index (κ3) is 24.6. The molecule has 0 aromatic carbocycles. The molecule has 0 aliphatic heterocycles. The minimum absolute atomic E-state index is 0. The van der Waals surface area contributed by atoms with Crippen molar-refractivity contribution in [2.45, 2.75) is 229 Å². The molecule has 0 aromatic heterocycles. The summed E-state index contributed by atoms with van der Waals surface area (Å²) in [6.45, 7) is 15.2. The largest absolute Gasteiger partial charge is 0.0776 e. The van der Waals surface area contributed by atoms with E-state index in [9.17, 15) is 0 Å². The Labute approximate surface area is 258 Å². The van der Waals surface area contributed by atoms with E-state index in [0.29, 0.717) is 0 Å². The van der Waals surface area contributed by atoms with Crippen molar-refractivity contribution in [1.29, 1.82) is 0 Å². The Hall–Kier alpha value is 0. The third-order valence-corrected chi connectivity index (χ3v) is 10.1. The highest BCUT2D eigenvalue weighted by atomic mass is 14.3. The van der Waals surface area contributed by atoms with Gasteiger partial charge in [-0.3, -0.25) is 0 Å². The van der Waals surface area contributed by atoms with Gasteiger partial charge < -0.3 is 0 Å². The van der Waals surface area contributed by atoms with Crippen molar-refractivity contribution in [3.05, 3.63) is 0 Å². The second-order valence-corrected chi connectivity index (χ2v) is 13.7. The lowest BCUT2D eigenvalue weighted by molar-refractivity contribution is 0.210. The molecule has 4 rings (SSSR count). The van der Waals surface area contributed by atoms with Crippen LogP contribution in [0.1, 0.15) is 229 Å². The van der Waals surface area contributed by atoms with Crippen LogP contribution < -0.4 is 0 Å². The molecule has 0 atom stereocenters. The summed E-state index contributed by atoms with van der Waals surface area (Å²) in [6, 6.07) is 0. The van der Waals surface area contributed by atoms with Crippen LogP contribution in [0.3, 0.4) is 0 Å². The Morgan fingerprint density at radius 1 is 0.250 bits per heavy atom. The van der Waals surface area contributed by atoms with Gasteiger partial charge in [-0.25, -0.2) is 0 Å². The van der Waals surface area contributed by atoms with E-state index >= 15 is 0 Å². The van der Waals surface area contributed by atoms with E-state index in [2.05, 4.69) is 20.8 Å². The SMILES string of the molecule is C.CC.CC.CC1CCCC(C2CCCCCCC2)CCC1.CC1CCCCCCC1.CC1CCCCCCC1. The van der Waals surface area contributed by atoms with E-state index in [1.54, 1.807) is 25.7 Å². The lowest BCUT2D eigenvalue weighted by atomic mass is 9.75. The molecular weight excluding hydrogens is 480 g/mol. The van der Waals surface area contributed by atoms with Crippen molar-refractivity contribution in [2.24, 2.45) is 29.6 Å². The zero-order valence-electron chi connectivity index (χ0n) is 29.0. The third-order valence-electron chi connectivity index (χ3n) is 10.1. The minimum atomic E-state index is 0. The van der Waals surface area contributed by atoms with Crippen LogP contribution in [0.25, 0.3) is 0 Å². The van der Waals surface area contributed by atoms with Gasteiger partial charge in [0.05, 0.1) is 0 Å². The molecule has 0 unspecified atom stereocenters. The fourth-order valence-electron chi connectivity index (χ4n) is 7.50. The van der Waals surface area contributed by atoms with Gasteiger partial charge in [-0.15, -0.1) is 0 Å². The Morgan fingerprint density at radius 3 is 0.700 bits per heavy atom. The normalized spacial score (nSPS) is 26.2. The average Bonchev–Trinajstić information content (AvgIpc) is 2.89. The van der Waals surface area contributed by atoms with Gasteiger partial charge in [-0.05, 0) is 29.6 Å². The second-order valence-electron chi connectivity index (χ2n) is 13.7. The van der Waals surface area contributed by atoms with Crippen molar-refractivity contribution >= 4 is 0 Å². The number of hydrogen-bond acceptors (Lipinski definition) is 0. The smallest absolute Gasteiger partial charge is 0.0386 e. The first-order valence-corrected chi connectivity index (χ1v) is 19.1. The summed E-state index contributed by atoms with van der Waals surface area (Å²) < 4.78 is 0. The van der Waals surface area contributed by atoms with Crippen molar-refractivity contribution < 1.29 is 0 Å². The molecule has 0 saturated heterocycles. The van der Waals surface area contributed by atoms with E-state index in [1.807, 2.05) is 27.7 Å². The van der Waals surface area contributed by atoms with Gasteiger partial charge in [0.1, 0.15) is 0 Å². The van der Waals surface area contributed by atoms with E-state index in [4.69, 9.17) is 0 Å². The first-order chi connectivity index (χ1) is 19.1. The van der Waals surface area contributed by atoms with Gasteiger partial charge in [0.2, 0.25) is 0 Å². The maximum Gasteiger partial charge on any atom is -0.0386 e. The standard InChI is InChI=1S/C17H32.2C9H18.2C2H6.CH4/c1-15-9-7-13-17(14-8-10-15)16-11-5-3-2-4-6-12-16;2*1-9-7-5-3-2-4-6-8-9;2*1-2;/h15-17H,2-14H2,1H3;2*9H,2-8H2,1H3;2*1-2H3;1H4. The van der Waals surface area contributed by atoms with E-state index in [1.165, 1.54) is 148 Å². The lowest BCUT2D eigenvalue weighted by Gasteiger charge is -2.31. The Morgan fingerprint density at radius 2 is 0.425 bits per heavy atom. The Kier molecular flexibility index (Phi) is 33.6. The summed E-state index contributed by atoms with van der Waals surface area (Å²) >= 11 is 0. The molecule has 4 saturated carbocycles. The highest BCUT2D eigenvalue weighted by molar-refractivity contribution is 4.75. The predicted molar refractivity (Wildman–Crippen MR) is 189 cm³/mol. The molecule has 40 heavy (non-hydrogen) atoms. The molecule has 0 bridgehead atoms. The molecule has 4 aliphatic carbocycles. The van der Waals surface area contributed by atoms with Crippen LogP contribution in [0.15, 0.2) is 0 Å². The zero-order chi connectivity index (χ0) is 29.0. The highest BCUT2D eigenvalue weighted by Crippen LogP contribution is 2.36. The molecule has 4 aliphatic rings. The highest BCUT2D eigenvalue weighted by Gasteiger charge is 2.23. The Balaban J connectivity index is 0. The molecule has 0 heterocycles. The molecule has 0 heteroatoms. The first kappa shape index (κ1) is 42.1. The second kappa shape index (κ2) is 31.9. The van der Waals surface area contributed by atoms with Crippen molar-refractivity contribution in [3.63, 3.8) is 0 Å². The summed E-state index contributed by atoms with van der Waals surface area (Å²) in [5, 5.41) is 0. The van der Waals surface area contributed by atoms with Gasteiger partial charge in [0.25, 0.3) is 0 Å². The fraction of sp³-hybridized carbons (Fsp3) is 1.00. The van der Waals surface area contributed by atoms with Crippen LogP contribution in [0.4, 0.5) is 0 Å². The van der Waals surface area contributed by atoms with Gasteiger partial charge in [0.15, 0.2) is 0 Å². The van der Waals surface area contributed by atoms with E-state index in [-0.39, 0.29) is 7.43 Å². The van der Waals surface area contributed by atoms with E-state index in [0.717, 1.165) is 29.6 Å². The summed E-state index contributed by atoms with van der Waals surface area (Å²) in [5.74, 6) is 5.24. The molecule has 4 fully saturated rings. The summed E-state index contributed by atoms with van der Waals surface area (Å²) in [5.41, 5.74) is 0. The van der Waals surface area contributed by atoms with Gasteiger partial charge >= 0.3 is 0 Å². The maximum atomic E-state index is 2.45. The van der Waals surface area contributed by atoms with Crippen LogP contribution in [-0.4, -0.2) is 0 Å². The minimum Gasteiger partial charge on any atom is -0.0776 e. The summed E-state index contributed by atoms with van der Waals surface area (Å²) in [6.07, 6.45) is 40.7. The zero-order valence-corrected chi connectivity index (χ0v) is 29.0. The first-order valence-electron chi connectivity index (χ1n) is 19.1. The molecule has 0 radical (unpaired) electrons. The fourth-order valence-corrected chi connectivity index (χ4v) is 7.50. The monoisotopic (exact) mass is 565 g/mol. The van der Waals surface area contributed by atoms with Crippen molar-refractivity contribution in [3.8, 4) is 0 Å². The van der Waals surface area contributed by atoms with Crippen LogP contribution in [0, 0.1) is 29.6 Å². The molecule has 0 N–H and O–H groups in total. The summed E-state index contributed by atoms with van der Waals surface area (Å²) in [4.78, 5) is 0. The molecule has 0 aromatic rings. The molecule has 244 valence electrons. The van der Waals surface area contributed by atoms with E-state index < -0.39 is 0 Å². The topological polar surface area (TPSA) is 0 Å². The number of hydrogen-bond donors (Lipinski definition) is 0. The van der Waals surface area contributed by atoms with Crippen LogP contribution in [-0.2, 0) is 0 Å². The van der Waals surface area contributed by atoms with Crippen LogP contribution in [0.5, 0.6) is 0 Å². The van der Waals surface area contributed by atoms with Crippen LogP contribution in [0.2, 0.25) is 0 Å². The summed E-state index contributed by atoms with van der Waals surface area (Å²) in [7, 11) is 0.